The lowest BCUT2D eigenvalue weighted by Gasteiger charge is -1.95. The summed E-state index contributed by atoms with van der Waals surface area (Å²) in [6.45, 7) is 1.97. The van der Waals surface area contributed by atoms with E-state index < -0.39 is 0 Å². The van der Waals surface area contributed by atoms with E-state index in [9.17, 15) is 0 Å². The van der Waals surface area contributed by atoms with Gasteiger partial charge in [-0.3, -0.25) is 0 Å². The lowest BCUT2D eigenvalue weighted by molar-refractivity contribution is 1.34. The third-order valence-corrected chi connectivity index (χ3v) is 2.11. The van der Waals surface area contributed by atoms with Crippen molar-refractivity contribution in [2.75, 3.05) is 0 Å². The number of hydrogen-bond donors (Lipinski definition) is 1. The maximum Gasteiger partial charge on any atom is 0.0931 e. The molecule has 0 bridgehead atoms. The summed E-state index contributed by atoms with van der Waals surface area (Å²) in [7, 11) is 0. The fourth-order valence-corrected chi connectivity index (χ4v) is 1.22. The Morgan fingerprint density at radius 3 is 3.09 bits per heavy atom. The van der Waals surface area contributed by atoms with Gasteiger partial charge in [-0.1, -0.05) is 11.6 Å². The van der Waals surface area contributed by atoms with Gasteiger partial charge in [-0.2, -0.15) is 0 Å². The molecular formula is C8H7ClN2. The number of benzene rings is 1. The molecule has 0 radical (unpaired) electrons. The first-order valence-corrected chi connectivity index (χ1v) is 3.74. The lowest BCUT2D eigenvalue weighted by atomic mass is 10.2. The van der Waals surface area contributed by atoms with E-state index in [2.05, 4.69) is 9.97 Å². The number of halogens is 1. The molecule has 2 rings (SSSR count). The van der Waals surface area contributed by atoms with Crippen molar-refractivity contribution in [3.05, 3.63) is 29.0 Å². The number of fused-ring (bicyclic) bond motifs is 1. The van der Waals surface area contributed by atoms with Crippen LogP contribution in [0.2, 0.25) is 5.02 Å². The number of rotatable bonds is 0. The van der Waals surface area contributed by atoms with Gasteiger partial charge in [-0.05, 0) is 24.6 Å². The van der Waals surface area contributed by atoms with E-state index in [4.69, 9.17) is 11.6 Å². The van der Waals surface area contributed by atoms with Crippen molar-refractivity contribution in [3.63, 3.8) is 0 Å². The number of imidazole rings is 1. The van der Waals surface area contributed by atoms with Gasteiger partial charge in [-0.25, -0.2) is 4.98 Å². The summed E-state index contributed by atoms with van der Waals surface area (Å²) in [5, 5.41) is 0.768. The van der Waals surface area contributed by atoms with Gasteiger partial charge in [0.1, 0.15) is 0 Å². The third-order valence-electron chi connectivity index (χ3n) is 1.70. The first-order chi connectivity index (χ1) is 5.27. The fraction of sp³-hybridized carbons (Fsp3) is 0.125. The number of nitrogens with zero attached hydrogens (tertiary/aromatic N) is 1. The Labute approximate surface area is 69.2 Å². The zero-order valence-corrected chi connectivity index (χ0v) is 6.81. The van der Waals surface area contributed by atoms with Crippen LogP contribution in [0.4, 0.5) is 0 Å². The molecule has 0 spiro atoms. The highest BCUT2D eigenvalue weighted by Crippen LogP contribution is 2.20. The zero-order valence-electron chi connectivity index (χ0n) is 6.06. The van der Waals surface area contributed by atoms with Crippen LogP contribution in [-0.2, 0) is 0 Å². The Kier molecular flexibility index (Phi) is 1.36. The number of aromatic nitrogens is 2. The summed E-state index contributed by atoms with van der Waals surface area (Å²) in [6.07, 6.45) is 1.67. The molecule has 0 aliphatic rings. The number of H-pyrrole nitrogens is 1. The molecule has 0 saturated carbocycles. The lowest BCUT2D eigenvalue weighted by Crippen LogP contribution is -1.75. The van der Waals surface area contributed by atoms with Crippen molar-refractivity contribution in [1.82, 2.24) is 9.97 Å². The predicted octanol–water partition coefficient (Wildman–Crippen LogP) is 2.52. The van der Waals surface area contributed by atoms with Crippen molar-refractivity contribution in [1.29, 1.82) is 0 Å². The van der Waals surface area contributed by atoms with Crippen molar-refractivity contribution in [2.45, 2.75) is 6.92 Å². The quantitative estimate of drug-likeness (QED) is 0.640. The molecule has 0 fully saturated rings. The Morgan fingerprint density at radius 2 is 2.27 bits per heavy atom. The van der Waals surface area contributed by atoms with Crippen LogP contribution in [0.25, 0.3) is 11.0 Å². The van der Waals surface area contributed by atoms with E-state index in [1.807, 2.05) is 19.1 Å². The number of nitrogens with one attached hydrogen (secondary N) is 1. The van der Waals surface area contributed by atoms with Crippen molar-refractivity contribution in [2.24, 2.45) is 0 Å². The van der Waals surface area contributed by atoms with E-state index in [0.29, 0.717) is 0 Å². The number of hydrogen-bond acceptors (Lipinski definition) is 1. The highest BCUT2D eigenvalue weighted by molar-refractivity contribution is 6.32. The van der Waals surface area contributed by atoms with Crippen LogP contribution < -0.4 is 0 Å². The van der Waals surface area contributed by atoms with Crippen LogP contribution in [0.5, 0.6) is 0 Å². The van der Waals surface area contributed by atoms with E-state index >= 15 is 0 Å². The maximum absolute atomic E-state index is 5.89. The predicted molar refractivity (Wildman–Crippen MR) is 45.8 cm³/mol. The van der Waals surface area contributed by atoms with Crippen molar-refractivity contribution < 1.29 is 0 Å². The van der Waals surface area contributed by atoms with Gasteiger partial charge in [-0.15, -0.1) is 0 Å². The van der Waals surface area contributed by atoms with Gasteiger partial charge in [0, 0.05) is 5.02 Å². The van der Waals surface area contributed by atoms with Gasteiger partial charge >= 0.3 is 0 Å². The molecule has 11 heavy (non-hydrogen) atoms. The van der Waals surface area contributed by atoms with Gasteiger partial charge in [0.05, 0.1) is 17.4 Å². The van der Waals surface area contributed by atoms with Crippen LogP contribution in [0.15, 0.2) is 18.5 Å². The molecule has 0 aliphatic heterocycles. The molecule has 3 heteroatoms. The highest BCUT2D eigenvalue weighted by Gasteiger charge is 1.99. The topological polar surface area (TPSA) is 28.7 Å². The minimum absolute atomic E-state index is 0.768. The minimum Gasteiger partial charge on any atom is -0.345 e. The second kappa shape index (κ2) is 2.24. The van der Waals surface area contributed by atoms with E-state index in [0.717, 1.165) is 21.6 Å². The Balaban J connectivity index is 2.86. The average Bonchev–Trinajstić information content (AvgIpc) is 2.36. The smallest absolute Gasteiger partial charge is 0.0931 e. The van der Waals surface area contributed by atoms with Gasteiger partial charge < -0.3 is 4.98 Å². The van der Waals surface area contributed by atoms with Gasteiger partial charge in [0.2, 0.25) is 0 Å². The normalized spacial score (nSPS) is 10.7. The molecular weight excluding hydrogens is 160 g/mol. The molecule has 1 N–H and O–H groups in total. The first-order valence-electron chi connectivity index (χ1n) is 3.36. The second-order valence-electron chi connectivity index (χ2n) is 2.52. The molecule has 2 nitrogen and oxygen atoms in total. The Morgan fingerprint density at radius 1 is 1.45 bits per heavy atom. The van der Waals surface area contributed by atoms with Crippen LogP contribution >= 0.6 is 11.6 Å². The molecule has 0 aliphatic carbocycles. The standard InChI is InChI=1S/C8H7ClN2/c1-5-2-7-8(3-6(5)9)11-4-10-7/h2-4H,1H3,(H,10,11). The summed E-state index contributed by atoms with van der Waals surface area (Å²) in [5.74, 6) is 0. The number of aryl methyl sites for hydroxylation is 1. The molecule has 0 amide bonds. The first kappa shape index (κ1) is 6.68. The van der Waals surface area contributed by atoms with E-state index in [1.54, 1.807) is 6.33 Å². The summed E-state index contributed by atoms with van der Waals surface area (Å²) < 4.78 is 0. The molecule has 0 atom stereocenters. The molecule has 0 saturated heterocycles. The van der Waals surface area contributed by atoms with Gasteiger partial charge in [0.15, 0.2) is 0 Å². The monoisotopic (exact) mass is 166 g/mol. The van der Waals surface area contributed by atoms with Crippen LogP contribution in [-0.4, -0.2) is 9.97 Å². The largest absolute Gasteiger partial charge is 0.345 e. The van der Waals surface area contributed by atoms with Crippen LogP contribution in [0.1, 0.15) is 5.56 Å². The highest BCUT2D eigenvalue weighted by atomic mass is 35.5. The van der Waals surface area contributed by atoms with E-state index in [1.165, 1.54) is 0 Å². The number of aromatic amines is 1. The molecule has 1 aromatic carbocycles. The zero-order chi connectivity index (χ0) is 7.84. The van der Waals surface area contributed by atoms with Crippen LogP contribution in [0.3, 0.4) is 0 Å². The summed E-state index contributed by atoms with van der Waals surface area (Å²) in [6, 6.07) is 3.85. The van der Waals surface area contributed by atoms with Crippen molar-refractivity contribution >= 4 is 22.6 Å². The SMILES string of the molecule is Cc1cc2[nH]cnc2cc1Cl. The van der Waals surface area contributed by atoms with Gasteiger partial charge in [0.25, 0.3) is 0 Å². The second-order valence-corrected chi connectivity index (χ2v) is 2.93. The minimum atomic E-state index is 0.768. The summed E-state index contributed by atoms with van der Waals surface area (Å²) in [4.78, 5) is 7.10. The third kappa shape index (κ3) is 0.994. The fourth-order valence-electron chi connectivity index (χ4n) is 1.06. The molecule has 0 unspecified atom stereocenters. The Bertz CT molecular complexity index is 356. The molecule has 2 aromatic rings. The Hall–Kier alpha value is -1.02. The molecule has 56 valence electrons. The van der Waals surface area contributed by atoms with Crippen LogP contribution in [0, 0.1) is 6.92 Å². The average molecular weight is 167 g/mol. The summed E-state index contributed by atoms with van der Waals surface area (Å²) in [5.41, 5.74) is 3.02. The summed E-state index contributed by atoms with van der Waals surface area (Å²) >= 11 is 5.89. The molecule has 1 heterocycles. The molecule has 1 aromatic heterocycles. The van der Waals surface area contributed by atoms with E-state index in [-0.39, 0.29) is 0 Å². The maximum atomic E-state index is 5.89. The van der Waals surface area contributed by atoms with Crippen molar-refractivity contribution in [3.8, 4) is 0 Å².